The Balaban J connectivity index is 2.83. The van der Waals surface area contributed by atoms with Crippen molar-refractivity contribution in [1.29, 1.82) is 0 Å². The van der Waals surface area contributed by atoms with Crippen LogP contribution < -0.4 is 11.6 Å². The third kappa shape index (κ3) is 3.72. The van der Waals surface area contributed by atoms with Crippen LogP contribution in [-0.2, 0) is 0 Å². The summed E-state index contributed by atoms with van der Waals surface area (Å²) in [6.07, 6.45) is 0. The molecule has 0 fully saturated rings. The molecule has 0 saturated carbocycles. The van der Waals surface area contributed by atoms with Crippen LogP contribution in [0, 0.1) is 0 Å². The molecule has 7 heavy (non-hydrogen) atoms. The minimum absolute atomic E-state index is 0.643. The number of hydrogen-bond acceptors (Lipinski definition) is 3. The van der Waals surface area contributed by atoms with Crippen LogP contribution in [0.25, 0.3) is 0 Å². The highest BCUT2D eigenvalue weighted by atomic mass is 15.4. The molecule has 44 valence electrons. The summed E-state index contributed by atoms with van der Waals surface area (Å²) in [6, 6.07) is 0. The van der Waals surface area contributed by atoms with Gasteiger partial charge in [0.1, 0.15) is 0 Å². The largest absolute Gasteiger partial charge is 0.329 e. The van der Waals surface area contributed by atoms with Gasteiger partial charge in [0.15, 0.2) is 0 Å². The Morgan fingerprint density at radius 1 is 1.57 bits per heavy atom. The molecule has 0 radical (unpaired) electrons. The zero-order valence-electron chi connectivity index (χ0n) is 4.72. The van der Waals surface area contributed by atoms with E-state index in [0.717, 1.165) is 13.1 Å². The summed E-state index contributed by atoms with van der Waals surface area (Å²) >= 11 is 0. The molecule has 3 heteroatoms. The van der Waals surface area contributed by atoms with E-state index in [4.69, 9.17) is 11.6 Å². The molecule has 0 heterocycles. The third-order valence-corrected chi connectivity index (χ3v) is 0.822. The Bertz CT molecular complexity index is 37.9. The number of hydrazine groups is 1. The third-order valence-electron chi connectivity index (χ3n) is 0.822. The topological polar surface area (TPSA) is 55.3 Å². The lowest BCUT2D eigenvalue weighted by Gasteiger charge is -2.09. The molecular formula is C4H13N3. The van der Waals surface area contributed by atoms with Crippen molar-refractivity contribution in [3.63, 3.8) is 0 Å². The van der Waals surface area contributed by atoms with Crippen LogP contribution in [0.2, 0.25) is 0 Å². The van der Waals surface area contributed by atoms with Crippen molar-refractivity contribution >= 4 is 0 Å². The number of hydrogen-bond donors (Lipinski definition) is 2. The van der Waals surface area contributed by atoms with Crippen LogP contribution in [0.1, 0.15) is 6.92 Å². The van der Waals surface area contributed by atoms with E-state index >= 15 is 0 Å². The summed E-state index contributed by atoms with van der Waals surface area (Å²) in [7, 11) is 0. The fraction of sp³-hybridized carbons (Fsp3) is 1.00. The standard InChI is InChI=1S/C4H13N3/c1-2-7(6)4-3-5/h2-6H2,1H3. The number of likely N-dealkylation sites (N-methyl/N-ethyl adjacent to an activating group) is 1. The van der Waals surface area contributed by atoms with E-state index in [2.05, 4.69) is 0 Å². The monoisotopic (exact) mass is 103 g/mol. The molecular weight excluding hydrogens is 90.1 g/mol. The zero-order chi connectivity index (χ0) is 5.70. The number of rotatable bonds is 3. The van der Waals surface area contributed by atoms with E-state index in [1.807, 2.05) is 6.92 Å². The maximum atomic E-state index is 5.34. The predicted molar refractivity (Wildman–Crippen MR) is 30.5 cm³/mol. The van der Waals surface area contributed by atoms with Crippen molar-refractivity contribution in [2.75, 3.05) is 19.6 Å². The first-order valence-electron chi connectivity index (χ1n) is 2.51. The van der Waals surface area contributed by atoms with Crippen LogP contribution in [0.3, 0.4) is 0 Å². The first-order chi connectivity index (χ1) is 3.31. The zero-order valence-corrected chi connectivity index (χ0v) is 4.72. The minimum Gasteiger partial charge on any atom is -0.329 e. The lowest BCUT2D eigenvalue weighted by atomic mass is 10.6. The van der Waals surface area contributed by atoms with Crippen LogP contribution in [0.5, 0.6) is 0 Å². The van der Waals surface area contributed by atoms with Crippen molar-refractivity contribution in [2.24, 2.45) is 11.6 Å². The lowest BCUT2D eigenvalue weighted by molar-refractivity contribution is 0.308. The van der Waals surface area contributed by atoms with Crippen LogP contribution in [0.15, 0.2) is 0 Å². The molecule has 0 amide bonds. The van der Waals surface area contributed by atoms with Gasteiger partial charge in [-0.05, 0) is 0 Å². The molecule has 3 nitrogen and oxygen atoms in total. The molecule has 0 aliphatic rings. The van der Waals surface area contributed by atoms with Gasteiger partial charge in [-0.15, -0.1) is 0 Å². The fourth-order valence-electron chi connectivity index (χ4n) is 0.324. The maximum Gasteiger partial charge on any atom is 0.0251 e. The lowest BCUT2D eigenvalue weighted by Crippen LogP contribution is -2.35. The van der Waals surface area contributed by atoms with Gasteiger partial charge in [0.2, 0.25) is 0 Å². The average molecular weight is 103 g/mol. The smallest absolute Gasteiger partial charge is 0.0251 e. The van der Waals surface area contributed by atoms with Gasteiger partial charge >= 0.3 is 0 Å². The van der Waals surface area contributed by atoms with Gasteiger partial charge < -0.3 is 5.73 Å². The van der Waals surface area contributed by atoms with E-state index in [1.165, 1.54) is 0 Å². The second-order valence-corrected chi connectivity index (χ2v) is 1.42. The highest BCUT2D eigenvalue weighted by Gasteiger charge is 1.87. The van der Waals surface area contributed by atoms with Gasteiger partial charge in [-0.1, -0.05) is 6.92 Å². The maximum absolute atomic E-state index is 5.34. The summed E-state index contributed by atoms with van der Waals surface area (Å²) in [5.41, 5.74) is 5.18. The average Bonchev–Trinajstić information content (AvgIpc) is 1.68. The second kappa shape index (κ2) is 4.05. The Morgan fingerprint density at radius 2 is 2.14 bits per heavy atom. The molecule has 0 aliphatic heterocycles. The molecule has 0 spiro atoms. The summed E-state index contributed by atoms with van der Waals surface area (Å²) in [6.45, 7) is 4.30. The summed E-state index contributed by atoms with van der Waals surface area (Å²) in [5, 5.41) is 1.68. The van der Waals surface area contributed by atoms with E-state index < -0.39 is 0 Å². The van der Waals surface area contributed by atoms with E-state index in [1.54, 1.807) is 5.01 Å². The van der Waals surface area contributed by atoms with Crippen molar-refractivity contribution in [3.8, 4) is 0 Å². The molecule has 0 rings (SSSR count). The van der Waals surface area contributed by atoms with Gasteiger partial charge in [0.25, 0.3) is 0 Å². The van der Waals surface area contributed by atoms with Crippen LogP contribution in [-0.4, -0.2) is 24.6 Å². The van der Waals surface area contributed by atoms with Crippen molar-refractivity contribution in [3.05, 3.63) is 0 Å². The number of nitrogens with zero attached hydrogens (tertiary/aromatic N) is 1. The Labute approximate surface area is 44.2 Å². The predicted octanol–water partition coefficient (Wildman–Crippen LogP) is -0.859. The molecule has 0 saturated heterocycles. The van der Waals surface area contributed by atoms with Crippen LogP contribution >= 0.6 is 0 Å². The molecule has 0 unspecified atom stereocenters. The molecule has 0 aromatic rings. The normalized spacial score (nSPS) is 10.3. The quantitative estimate of drug-likeness (QED) is 0.361. The molecule has 0 bridgehead atoms. The Kier molecular flexibility index (Phi) is 3.98. The fourth-order valence-corrected chi connectivity index (χ4v) is 0.324. The Hall–Kier alpha value is -0.120. The van der Waals surface area contributed by atoms with E-state index in [-0.39, 0.29) is 0 Å². The van der Waals surface area contributed by atoms with Gasteiger partial charge in [-0.25, -0.2) is 5.01 Å². The SMILES string of the molecule is CCN(N)CCN. The molecule has 4 N–H and O–H groups in total. The van der Waals surface area contributed by atoms with E-state index in [9.17, 15) is 0 Å². The molecule has 0 aromatic carbocycles. The summed E-state index contributed by atoms with van der Waals surface area (Å²) in [4.78, 5) is 0. The van der Waals surface area contributed by atoms with E-state index in [0.29, 0.717) is 6.54 Å². The van der Waals surface area contributed by atoms with Gasteiger partial charge in [0, 0.05) is 19.6 Å². The summed E-state index contributed by atoms with van der Waals surface area (Å²) < 4.78 is 0. The highest BCUT2D eigenvalue weighted by molar-refractivity contribution is 4.41. The molecule has 0 aromatic heterocycles. The minimum atomic E-state index is 0.643. The second-order valence-electron chi connectivity index (χ2n) is 1.42. The van der Waals surface area contributed by atoms with Gasteiger partial charge in [-0.3, -0.25) is 5.84 Å². The first kappa shape index (κ1) is 6.88. The van der Waals surface area contributed by atoms with Crippen molar-refractivity contribution < 1.29 is 0 Å². The highest BCUT2D eigenvalue weighted by Crippen LogP contribution is 1.68. The van der Waals surface area contributed by atoms with Crippen molar-refractivity contribution in [2.45, 2.75) is 6.92 Å². The van der Waals surface area contributed by atoms with Crippen LogP contribution in [0.4, 0.5) is 0 Å². The molecule has 0 aliphatic carbocycles. The Morgan fingerprint density at radius 3 is 2.29 bits per heavy atom. The molecule has 0 atom stereocenters. The summed E-state index contributed by atoms with van der Waals surface area (Å²) in [5.74, 6) is 5.34. The first-order valence-corrected chi connectivity index (χ1v) is 2.51. The van der Waals surface area contributed by atoms with Crippen molar-refractivity contribution in [1.82, 2.24) is 5.01 Å². The van der Waals surface area contributed by atoms with Gasteiger partial charge in [0.05, 0.1) is 0 Å². The van der Waals surface area contributed by atoms with Gasteiger partial charge in [-0.2, -0.15) is 0 Å². The number of nitrogens with two attached hydrogens (primary N) is 2.